The van der Waals surface area contributed by atoms with Crippen molar-refractivity contribution in [1.29, 1.82) is 0 Å². The molecular formula is C18H29ClN2O5. The smallest absolute Gasteiger partial charge is 0.269 e. The molecule has 1 saturated heterocycles. The number of likely N-dealkylation sites (tertiary alicyclic amines) is 1. The molecule has 1 heterocycles. The number of benzene rings is 1. The maximum absolute atomic E-state index is 10.6. The van der Waals surface area contributed by atoms with E-state index in [0.717, 1.165) is 0 Å². The first-order valence-electron chi connectivity index (χ1n) is 8.52. The number of nitrogens with zero attached hydrogens (tertiary/aromatic N) is 2. The van der Waals surface area contributed by atoms with E-state index in [2.05, 4.69) is 32.6 Å². The number of non-ortho nitro benzene ring substituents is 1. The molecule has 1 unspecified atom stereocenters. The van der Waals surface area contributed by atoms with Crippen molar-refractivity contribution in [1.82, 2.24) is 4.90 Å². The lowest BCUT2D eigenvalue weighted by atomic mass is 9.78. The van der Waals surface area contributed by atoms with Crippen molar-refractivity contribution >= 4 is 18.1 Å². The number of aliphatic hydroxyl groups excluding tert-OH is 2. The quantitative estimate of drug-likeness (QED) is 0.574. The largest absolute Gasteiger partial charge is 0.491 e. The van der Waals surface area contributed by atoms with Gasteiger partial charge in [-0.2, -0.15) is 0 Å². The van der Waals surface area contributed by atoms with Crippen LogP contribution in [0, 0.1) is 10.1 Å². The lowest BCUT2D eigenvalue weighted by Gasteiger charge is -2.54. The SMILES string of the molecule is CC1(C)CC(O)CC(C)(C)N1CC(O)COc1ccc([N+](=O)[O-])cc1.Cl. The van der Waals surface area contributed by atoms with E-state index in [4.69, 9.17) is 4.74 Å². The van der Waals surface area contributed by atoms with Crippen LogP contribution in [0.15, 0.2) is 24.3 Å². The van der Waals surface area contributed by atoms with E-state index >= 15 is 0 Å². The highest BCUT2D eigenvalue weighted by atomic mass is 35.5. The fourth-order valence-corrected chi connectivity index (χ4v) is 3.88. The van der Waals surface area contributed by atoms with Gasteiger partial charge in [0.1, 0.15) is 18.5 Å². The highest BCUT2D eigenvalue weighted by Crippen LogP contribution is 2.38. The molecule has 1 aliphatic heterocycles. The number of halogens is 1. The molecule has 8 heteroatoms. The van der Waals surface area contributed by atoms with E-state index < -0.39 is 11.0 Å². The molecule has 0 spiro atoms. The van der Waals surface area contributed by atoms with Crippen molar-refractivity contribution in [3.8, 4) is 5.75 Å². The summed E-state index contributed by atoms with van der Waals surface area (Å²) in [4.78, 5) is 12.4. The monoisotopic (exact) mass is 388 g/mol. The average molecular weight is 389 g/mol. The van der Waals surface area contributed by atoms with Crippen molar-refractivity contribution < 1.29 is 19.9 Å². The number of hydrogen-bond donors (Lipinski definition) is 2. The Morgan fingerprint density at radius 3 is 2.19 bits per heavy atom. The molecule has 2 rings (SSSR count). The van der Waals surface area contributed by atoms with E-state index in [9.17, 15) is 20.3 Å². The van der Waals surface area contributed by atoms with Gasteiger partial charge in [-0.3, -0.25) is 15.0 Å². The first-order chi connectivity index (χ1) is 11.5. The molecule has 0 aliphatic carbocycles. The number of aliphatic hydroxyl groups is 2. The molecule has 0 aromatic heterocycles. The Labute approximate surface area is 160 Å². The van der Waals surface area contributed by atoms with Gasteiger partial charge in [0.05, 0.1) is 11.0 Å². The molecule has 148 valence electrons. The highest BCUT2D eigenvalue weighted by molar-refractivity contribution is 5.85. The Morgan fingerprint density at radius 2 is 1.73 bits per heavy atom. The Morgan fingerprint density at radius 1 is 1.23 bits per heavy atom. The van der Waals surface area contributed by atoms with Gasteiger partial charge in [-0.1, -0.05) is 0 Å². The number of piperidine rings is 1. The van der Waals surface area contributed by atoms with Gasteiger partial charge in [0, 0.05) is 29.8 Å². The Hall–Kier alpha value is -1.41. The summed E-state index contributed by atoms with van der Waals surface area (Å²) in [6.07, 6.45) is 0.275. The Bertz CT molecular complexity index is 588. The minimum absolute atomic E-state index is 0. The standard InChI is InChI=1S/C18H28N2O5.ClH/c1-17(2)9-14(21)10-18(3,4)19(17)11-15(22)12-25-16-7-5-13(6-8-16)20(23)24;/h5-8,14-15,21-22H,9-12H2,1-4H3;1H. The average Bonchev–Trinajstić information content (AvgIpc) is 2.48. The van der Waals surface area contributed by atoms with Crippen molar-refractivity contribution in [2.24, 2.45) is 0 Å². The van der Waals surface area contributed by atoms with E-state index in [0.29, 0.717) is 25.1 Å². The minimum atomic E-state index is -0.705. The molecule has 1 fully saturated rings. The number of β-amino-alcohol motifs (C(OH)–C–C–N with tert-alkyl or cyclic N) is 1. The molecule has 1 aromatic carbocycles. The van der Waals surface area contributed by atoms with Crippen LogP contribution >= 0.6 is 12.4 Å². The number of rotatable bonds is 6. The molecule has 1 aromatic rings. The van der Waals surface area contributed by atoms with Gasteiger partial charge in [0.25, 0.3) is 5.69 Å². The van der Waals surface area contributed by atoms with Crippen molar-refractivity contribution in [2.45, 2.75) is 63.8 Å². The fraction of sp³-hybridized carbons (Fsp3) is 0.667. The molecule has 0 bridgehead atoms. The predicted octanol–water partition coefficient (Wildman–Crippen LogP) is 2.77. The summed E-state index contributed by atoms with van der Waals surface area (Å²) in [7, 11) is 0. The van der Waals surface area contributed by atoms with Gasteiger partial charge in [0.2, 0.25) is 0 Å². The van der Waals surface area contributed by atoms with Crippen molar-refractivity contribution in [3.05, 3.63) is 34.4 Å². The predicted molar refractivity (Wildman–Crippen MR) is 102 cm³/mol. The lowest BCUT2D eigenvalue weighted by molar-refractivity contribution is -0.384. The van der Waals surface area contributed by atoms with Crippen LogP contribution in [0.4, 0.5) is 5.69 Å². The van der Waals surface area contributed by atoms with Crippen LogP contribution < -0.4 is 4.74 Å². The molecular weight excluding hydrogens is 360 g/mol. The van der Waals surface area contributed by atoms with E-state index in [1.807, 2.05) is 0 Å². The van der Waals surface area contributed by atoms with Gasteiger partial charge in [0.15, 0.2) is 0 Å². The van der Waals surface area contributed by atoms with Gasteiger partial charge in [-0.25, -0.2) is 0 Å². The van der Waals surface area contributed by atoms with Gasteiger partial charge in [-0.05, 0) is 52.7 Å². The van der Waals surface area contributed by atoms with Gasteiger partial charge in [-0.15, -0.1) is 12.4 Å². The third kappa shape index (κ3) is 5.54. The van der Waals surface area contributed by atoms with E-state index in [-0.39, 0.29) is 41.9 Å². The maximum Gasteiger partial charge on any atom is 0.269 e. The number of nitro groups is 1. The van der Waals surface area contributed by atoms with Crippen LogP contribution in [-0.2, 0) is 0 Å². The summed E-state index contributed by atoms with van der Waals surface area (Å²) < 4.78 is 5.55. The highest BCUT2D eigenvalue weighted by Gasteiger charge is 2.45. The first kappa shape index (κ1) is 22.6. The number of nitro benzene ring substituents is 1. The number of ether oxygens (including phenoxy) is 1. The van der Waals surface area contributed by atoms with Crippen LogP contribution in [0.2, 0.25) is 0 Å². The summed E-state index contributed by atoms with van der Waals surface area (Å²) in [6.45, 7) is 8.81. The van der Waals surface area contributed by atoms with Gasteiger partial charge >= 0.3 is 0 Å². The third-order valence-electron chi connectivity index (χ3n) is 4.81. The number of hydrogen-bond acceptors (Lipinski definition) is 6. The zero-order valence-electron chi connectivity index (χ0n) is 15.7. The molecule has 0 saturated carbocycles. The van der Waals surface area contributed by atoms with Crippen LogP contribution in [0.25, 0.3) is 0 Å². The summed E-state index contributed by atoms with van der Waals surface area (Å²) in [5.74, 6) is 0.484. The Kier molecular flexibility index (Phi) is 7.42. The van der Waals surface area contributed by atoms with Gasteiger partial charge < -0.3 is 14.9 Å². The second-order valence-electron chi connectivity index (χ2n) is 8.01. The van der Waals surface area contributed by atoms with Crippen LogP contribution in [0.1, 0.15) is 40.5 Å². The van der Waals surface area contributed by atoms with E-state index in [1.54, 1.807) is 0 Å². The van der Waals surface area contributed by atoms with Crippen molar-refractivity contribution in [3.63, 3.8) is 0 Å². The van der Waals surface area contributed by atoms with Crippen LogP contribution in [0.3, 0.4) is 0 Å². The summed E-state index contributed by atoms with van der Waals surface area (Å²) in [5, 5.41) is 31.1. The zero-order chi connectivity index (χ0) is 18.8. The molecule has 7 nitrogen and oxygen atoms in total. The maximum atomic E-state index is 10.6. The zero-order valence-corrected chi connectivity index (χ0v) is 16.5. The second kappa shape index (κ2) is 8.52. The lowest BCUT2D eigenvalue weighted by Crippen LogP contribution is -2.63. The third-order valence-corrected chi connectivity index (χ3v) is 4.81. The summed E-state index contributed by atoms with van der Waals surface area (Å²) >= 11 is 0. The minimum Gasteiger partial charge on any atom is -0.491 e. The summed E-state index contributed by atoms with van der Waals surface area (Å²) in [5.41, 5.74) is -0.450. The Balaban J connectivity index is 0.00000338. The summed E-state index contributed by atoms with van der Waals surface area (Å²) in [6, 6.07) is 5.80. The molecule has 26 heavy (non-hydrogen) atoms. The van der Waals surface area contributed by atoms with Crippen LogP contribution in [-0.4, -0.2) is 56.5 Å². The molecule has 0 radical (unpaired) electrons. The van der Waals surface area contributed by atoms with E-state index in [1.165, 1.54) is 24.3 Å². The van der Waals surface area contributed by atoms with Crippen molar-refractivity contribution in [2.75, 3.05) is 13.2 Å². The molecule has 0 amide bonds. The van der Waals surface area contributed by atoms with Crippen LogP contribution in [0.5, 0.6) is 5.75 Å². The first-order valence-corrected chi connectivity index (χ1v) is 8.52. The second-order valence-corrected chi connectivity index (χ2v) is 8.01. The fourth-order valence-electron chi connectivity index (χ4n) is 3.88. The normalized spacial score (nSPS) is 20.8. The topological polar surface area (TPSA) is 96.1 Å². The molecule has 1 atom stereocenters. The molecule has 2 N–H and O–H groups in total. The molecule has 1 aliphatic rings.